The van der Waals surface area contributed by atoms with Crippen LogP contribution in [0, 0.1) is 0 Å². The van der Waals surface area contributed by atoms with Crippen LogP contribution in [0.3, 0.4) is 0 Å². The minimum atomic E-state index is 0.322. The maximum absolute atomic E-state index is 10.6. The predicted molar refractivity (Wildman–Crippen MR) is 56.8 cm³/mol. The molecular formula is C11H12ClNO. The molecule has 1 aromatic rings. The summed E-state index contributed by atoms with van der Waals surface area (Å²) < 4.78 is 0. The Labute approximate surface area is 88.3 Å². The summed E-state index contributed by atoms with van der Waals surface area (Å²) in [6.07, 6.45) is 3.13. The van der Waals surface area contributed by atoms with Gasteiger partial charge >= 0.3 is 0 Å². The van der Waals surface area contributed by atoms with Crippen molar-refractivity contribution in [3.63, 3.8) is 0 Å². The van der Waals surface area contributed by atoms with Gasteiger partial charge in [0.05, 0.1) is 0 Å². The van der Waals surface area contributed by atoms with Crippen molar-refractivity contribution in [2.75, 3.05) is 6.54 Å². The van der Waals surface area contributed by atoms with Crippen LogP contribution in [0.1, 0.15) is 34.8 Å². The molecule has 1 unspecified atom stereocenters. The Morgan fingerprint density at radius 3 is 3.00 bits per heavy atom. The summed E-state index contributed by atoms with van der Waals surface area (Å²) in [5, 5.41) is 4.11. The average Bonchev–Trinajstić information content (AvgIpc) is 2.71. The lowest BCUT2D eigenvalue weighted by Crippen LogP contribution is -2.13. The van der Waals surface area contributed by atoms with E-state index in [4.69, 9.17) is 11.6 Å². The van der Waals surface area contributed by atoms with Crippen LogP contribution in [0.2, 0.25) is 5.02 Å². The number of carbonyl (C=O) groups excluding carboxylic acids is 1. The number of carbonyl (C=O) groups is 1. The van der Waals surface area contributed by atoms with Crippen LogP contribution in [0.4, 0.5) is 0 Å². The van der Waals surface area contributed by atoms with Gasteiger partial charge in [-0.15, -0.1) is 0 Å². The molecular weight excluding hydrogens is 198 g/mol. The molecule has 2 rings (SSSR count). The highest BCUT2D eigenvalue weighted by Gasteiger charge is 2.18. The molecule has 0 amide bonds. The first-order chi connectivity index (χ1) is 6.81. The summed E-state index contributed by atoms with van der Waals surface area (Å²) in [4.78, 5) is 10.6. The summed E-state index contributed by atoms with van der Waals surface area (Å²) in [6, 6.07) is 5.73. The molecule has 1 N–H and O–H groups in total. The third kappa shape index (κ3) is 1.81. The van der Waals surface area contributed by atoms with Crippen LogP contribution < -0.4 is 5.32 Å². The zero-order valence-electron chi connectivity index (χ0n) is 7.79. The van der Waals surface area contributed by atoms with Crippen LogP contribution in [-0.2, 0) is 0 Å². The summed E-state index contributed by atoms with van der Waals surface area (Å²) >= 11 is 6.08. The maximum atomic E-state index is 10.6. The second kappa shape index (κ2) is 4.11. The molecule has 2 nitrogen and oxygen atoms in total. The van der Waals surface area contributed by atoms with Crippen LogP contribution in [0.25, 0.3) is 0 Å². The molecule has 0 spiro atoms. The number of benzene rings is 1. The molecule has 0 bridgehead atoms. The monoisotopic (exact) mass is 209 g/mol. The first kappa shape index (κ1) is 9.69. The Kier molecular flexibility index (Phi) is 2.85. The third-order valence-electron chi connectivity index (χ3n) is 2.59. The van der Waals surface area contributed by atoms with Gasteiger partial charge in [-0.25, -0.2) is 0 Å². The fourth-order valence-electron chi connectivity index (χ4n) is 1.85. The Bertz CT molecular complexity index is 345. The lowest BCUT2D eigenvalue weighted by molar-refractivity contribution is 0.112. The van der Waals surface area contributed by atoms with E-state index in [1.165, 1.54) is 6.42 Å². The van der Waals surface area contributed by atoms with Crippen LogP contribution in [-0.4, -0.2) is 12.8 Å². The van der Waals surface area contributed by atoms with Gasteiger partial charge in [0.1, 0.15) is 6.29 Å². The van der Waals surface area contributed by atoms with Gasteiger partial charge in [0, 0.05) is 16.6 Å². The van der Waals surface area contributed by atoms with Crippen molar-refractivity contribution in [1.29, 1.82) is 0 Å². The van der Waals surface area contributed by atoms with Crippen molar-refractivity contribution in [3.05, 3.63) is 34.3 Å². The number of hydrogen-bond acceptors (Lipinski definition) is 2. The minimum Gasteiger partial charge on any atom is -0.310 e. The summed E-state index contributed by atoms with van der Waals surface area (Å²) in [5.41, 5.74) is 1.74. The molecule has 1 fully saturated rings. The van der Waals surface area contributed by atoms with Gasteiger partial charge in [-0.1, -0.05) is 17.7 Å². The zero-order chi connectivity index (χ0) is 9.97. The van der Waals surface area contributed by atoms with Crippen LogP contribution in [0.5, 0.6) is 0 Å². The number of halogens is 1. The molecule has 14 heavy (non-hydrogen) atoms. The first-order valence-electron chi connectivity index (χ1n) is 4.79. The topological polar surface area (TPSA) is 29.1 Å². The molecule has 0 aromatic heterocycles. The van der Waals surface area contributed by atoms with E-state index in [-0.39, 0.29) is 0 Å². The maximum Gasteiger partial charge on any atom is 0.150 e. The summed E-state index contributed by atoms with van der Waals surface area (Å²) in [6.45, 7) is 1.03. The smallest absolute Gasteiger partial charge is 0.150 e. The second-order valence-corrected chi connectivity index (χ2v) is 3.95. The Morgan fingerprint density at radius 2 is 2.36 bits per heavy atom. The number of aldehydes is 1. The summed E-state index contributed by atoms with van der Waals surface area (Å²) in [7, 11) is 0. The highest BCUT2D eigenvalue weighted by atomic mass is 35.5. The van der Waals surface area contributed by atoms with Crippen LogP contribution >= 0.6 is 11.6 Å². The minimum absolute atomic E-state index is 0.322. The molecule has 1 saturated heterocycles. The highest BCUT2D eigenvalue weighted by molar-refractivity contribution is 6.31. The van der Waals surface area contributed by atoms with Crippen molar-refractivity contribution < 1.29 is 4.79 Å². The van der Waals surface area contributed by atoms with Crippen molar-refractivity contribution in [2.45, 2.75) is 18.9 Å². The molecule has 3 heteroatoms. The average molecular weight is 210 g/mol. The standard InChI is InChI=1S/C11H12ClNO/c12-10-4-3-8(7-14)6-9(10)11-2-1-5-13-11/h3-4,6-7,11,13H,1-2,5H2. The zero-order valence-corrected chi connectivity index (χ0v) is 8.55. The molecule has 0 aliphatic carbocycles. The number of nitrogens with one attached hydrogen (secondary N) is 1. The van der Waals surface area contributed by atoms with E-state index >= 15 is 0 Å². The molecule has 1 aliphatic rings. The van der Waals surface area contributed by atoms with Gasteiger partial charge in [0.2, 0.25) is 0 Å². The fraction of sp³-hybridized carbons (Fsp3) is 0.364. The summed E-state index contributed by atoms with van der Waals surface area (Å²) in [5.74, 6) is 0. The van der Waals surface area contributed by atoms with Crippen molar-refractivity contribution in [1.82, 2.24) is 5.32 Å². The Balaban J connectivity index is 2.34. The number of hydrogen-bond donors (Lipinski definition) is 1. The van der Waals surface area contributed by atoms with Gasteiger partial charge in [-0.3, -0.25) is 4.79 Å². The van der Waals surface area contributed by atoms with Gasteiger partial charge in [-0.2, -0.15) is 0 Å². The SMILES string of the molecule is O=Cc1ccc(Cl)c(C2CCCN2)c1. The predicted octanol–water partition coefficient (Wildman–Crippen LogP) is 2.58. The molecule has 1 aromatic carbocycles. The third-order valence-corrected chi connectivity index (χ3v) is 2.94. The highest BCUT2D eigenvalue weighted by Crippen LogP contribution is 2.29. The largest absolute Gasteiger partial charge is 0.310 e. The van der Waals surface area contributed by atoms with Gasteiger partial charge in [0.25, 0.3) is 0 Å². The Morgan fingerprint density at radius 1 is 1.50 bits per heavy atom. The van der Waals surface area contributed by atoms with E-state index in [1.807, 2.05) is 6.07 Å². The van der Waals surface area contributed by atoms with Crippen molar-refractivity contribution in [2.24, 2.45) is 0 Å². The molecule has 74 valence electrons. The van der Waals surface area contributed by atoms with Gasteiger partial charge in [-0.05, 0) is 37.1 Å². The molecule has 1 atom stereocenters. The van der Waals surface area contributed by atoms with Crippen LogP contribution in [0.15, 0.2) is 18.2 Å². The first-order valence-corrected chi connectivity index (χ1v) is 5.17. The van der Waals surface area contributed by atoms with E-state index in [2.05, 4.69) is 5.32 Å². The van der Waals surface area contributed by atoms with Crippen molar-refractivity contribution >= 4 is 17.9 Å². The van der Waals surface area contributed by atoms with Gasteiger partial charge in [0.15, 0.2) is 0 Å². The second-order valence-electron chi connectivity index (χ2n) is 3.55. The molecule has 1 aliphatic heterocycles. The van der Waals surface area contributed by atoms with E-state index in [0.717, 1.165) is 29.8 Å². The van der Waals surface area contributed by atoms with E-state index in [0.29, 0.717) is 11.6 Å². The van der Waals surface area contributed by atoms with Gasteiger partial charge < -0.3 is 5.32 Å². The van der Waals surface area contributed by atoms with Crippen molar-refractivity contribution in [3.8, 4) is 0 Å². The van der Waals surface area contributed by atoms with E-state index < -0.39 is 0 Å². The van der Waals surface area contributed by atoms with E-state index in [1.54, 1.807) is 12.1 Å². The Hall–Kier alpha value is -0.860. The quantitative estimate of drug-likeness (QED) is 0.759. The lowest BCUT2D eigenvalue weighted by Gasteiger charge is -2.12. The molecule has 0 saturated carbocycles. The molecule has 0 radical (unpaired) electrons. The fourth-order valence-corrected chi connectivity index (χ4v) is 2.10. The van der Waals surface area contributed by atoms with E-state index in [9.17, 15) is 4.79 Å². The molecule has 1 heterocycles. The number of rotatable bonds is 2. The lowest BCUT2D eigenvalue weighted by atomic mass is 10.0. The normalized spacial score (nSPS) is 21.1.